The van der Waals surface area contributed by atoms with Crippen LogP contribution in [0.1, 0.15) is 40.0 Å². The van der Waals surface area contributed by atoms with Crippen molar-refractivity contribution in [1.29, 1.82) is 0 Å². The number of benzene rings is 1. The number of carbonyl (C=O) groups excluding carboxylic acids is 1. The summed E-state index contributed by atoms with van der Waals surface area (Å²) in [5, 5.41) is 6.36. The lowest BCUT2D eigenvalue weighted by molar-refractivity contribution is -0.121. The van der Waals surface area contributed by atoms with E-state index in [0.717, 1.165) is 37.2 Å². The van der Waals surface area contributed by atoms with Gasteiger partial charge in [-0.2, -0.15) is 0 Å². The number of anilines is 1. The van der Waals surface area contributed by atoms with E-state index in [4.69, 9.17) is 4.74 Å². The van der Waals surface area contributed by atoms with Crippen molar-refractivity contribution in [3.63, 3.8) is 0 Å². The summed E-state index contributed by atoms with van der Waals surface area (Å²) in [6, 6.07) is 7.45. The minimum absolute atomic E-state index is 0.0206. The molecule has 1 aliphatic heterocycles. The topological polar surface area (TPSA) is 50.4 Å². The molecule has 2 N–H and O–H groups in total. The molecule has 1 heterocycles. The summed E-state index contributed by atoms with van der Waals surface area (Å²) in [6.45, 7) is 7.90. The number of ether oxygens (including phenoxy) is 1. The van der Waals surface area contributed by atoms with Crippen molar-refractivity contribution >= 4 is 11.6 Å². The highest BCUT2D eigenvalue weighted by Gasteiger charge is 2.37. The predicted molar refractivity (Wildman–Crippen MR) is 85.7 cm³/mol. The van der Waals surface area contributed by atoms with Crippen LogP contribution in [0.3, 0.4) is 0 Å². The lowest BCUT2D eigenvalue weighted by Crippen LogP contribution is -2.53. The van der Waals surface area contributed by atoms with E-state index in [1.54, 1.807) is 0 Å². The van der Waals surface area contributed by atoms with Gasteiger partial charge in [0, 0.05) is 0 Å². The molecule has 4 nitrogen and oxygen atoms in total. The Hall–Kier alpha value is -1.55. The van der Waals surface area contributed by atoms with E-state index in [1.165, 1.54) is 0 Å². The highest BCUT2D eigenvalue weighted by Crippen LogP contribution is 2.32. The standard InChI is InChI=1S/C17H26N2O2/c1-4-12-21-14-9-6-5-8-13(14)19-16(20)15-17(2,3)10-7-11-18-15/h5-6,8-9,15,18H,4,7,10-12H2,1-3H3,(H,19,20). The zero-order valence-electron chi connectivity index (χ0n) is 13.2. The molecule has 1 saturated heterocycles. The second-order valence-corrected chi connectivity index (χ2v) is 6.31. The Kier molecular flexibility index (Phi) is 5.23. The van der Waals surface area contributed by atoms with E-state index in [0.29, 0.717) is 6.61 Å². The molecule has 1 amide bonds. The first-order valence-corrected chi connectivity index (χ1v) is 7.80. The van der Waals surface area contributed by atoms with E-state index in [-0.39, 0.29) is 17.4 Å². The van der Waals surface area contributed by atoms with Crippen molar-refractivity contribution in [2.45, 2.75) is 46.1 Å². The SMILES string of the molecule is CCCOc1ccccc1NC(=O)C1NCCCC1(C)C. The highest BCUT2D eigenvalue weighted by molar-refractivity contribution is 5.96. The summed E-state index contributed by atoms with van der Waals surface area (Å²) in [5.41, 5.74) is 0.723. The second-order valence-electron chi connectivity index (χ2n) is 6.31. The molecule has 0 aliphatic carbocycles. The van der Waals surface area contributed by atoms with Gasteiger partial charge in [-0.15, -0.1) is 0 Å². The van der Waals surface area contributed by atoms with Crippen LogP contribution in [0, 0.1) is 5.41 Å². The van der Waals surface area contributed by atoms with Crippen LogP contribution in [0.5, 0.6) is 5.75 Å². The van der Waals surface area contributed by atoms with Crippen LogP contribution < -0.4 is 15.4 Å². The minimum atomic E-state index is -0.162. The first kappa shape index (κ1) is 15.8. The van der Waals surface area contributed by atoms with Gasteiger partial charge in [-0.1, -0.05) is 32.9 Å². The number of piperidine rings is 1. The molecule has 0 spiro atoms. The monoisotopic (exact) mass is 290 g/mol. The molecule has 1 atom stereocenters. The van der Waals surface area contributed by atoms with Gasteiger partial charge in [-0.3, -0.25) is 4.79 Å². The fourth-order valence-corrected chi connectivity index (χ4v) is 2.77. The van der Waals surface area contributed by atoms with Crippen molar-refractivity contribution < 1.29 is 9.53 Å². The fraction of sp³-hybridized carbons (Fsp3) is 0.588. The van der Waals surface area contributed by atoms with Crippen molar-refractivity contribution in [3.05, 3.63) is 24.3 Å². The normalized spacial score (nSPS) is 20.8. The van der Waals surface area contributed by atoms with Crippen LogP contribution in [-0.2, 0) is 4.79 Å². The molecular formula is C17H26N2O2. The molecule has 1 unspecified atom stereocenters. The van der Waals surface area contributed by atoms with E-state index in [1.807, 2.05) is 24.3 Å². The molecule has 0 radical (unpaired) electrons. The Morgan fingerprint density at radius 2 is 2.19 bits per heavy atom. The third kappa shape index (κ3) is 3.97. The van der Waals surface area contributed by atoms with E-state index >= 15 is 0 Å². The number of hydrogen-bond donors (Lipinski definition) is 2. The molecular weight excluding hydrogens is 264 g/mol. The average molecular weight is 290 g/mol. The Balaban J connectivity index is 2.08. The molecule has 1 aromatic rings. The quantitative estimate of drug-likeness (QED) is 0.875. The zero-order chi connectivity index (χ0) is 15.3. The Morgan fingerprint density at radius 1 is 1.43 bits per heavy atom. The van der Waals surface area contributed by atoms with Gasteiger partial charge < -0.3 is 15.4 Å². The lowest BCUT2D eigenvalue weighted by atomic mass is 9.77. The average Bonchev–Trinajstić information content (AvgIpc) is 2.45. The van der Waals surface area contributed by atoms with Gasteiger partial charge in [0.25, 0.3) is 0 Å². The summed E-state index contributed by atoms with van der Waals surface area (Å²) in [6.07, 6.45) is 3.12. The summed E-state index contributed by atoms with van der Waals surface area (Å²) in [4.78, 5) is 12.6. The number of para-hydroxylation sites is 2. The van der Waals surface area contributed by atoms with Gasteiger partial charge >= 0.3 is 0 Å². The maximum absolute atomic E-state index is 12.6. The number of hydrogen-bond acceptors (Lipinski definition) is 3. The van der Waals surface area contributed by atoms with Crippen molar-refractivity contribution in [2.75, 3.05) is 18.5 Å². The van der Waals surface area contributed by atoms with Crippen molar-refractivity contribution in [2.24, 2.45) is 5.41 Å². The zero-order valence-corrected chi connectivity index (χ0v) is 13.2. The summed E-state index contributed by atoms with van der Waals surface area (Å²) in [7, 11) is 0. The molecule has 1 fully saturated rings. The number of carbonyl (C=O) groups is 1. The number of rotatable bonds is 5. The molecule has 0 saturated carbocycles. The van der Waals surface area contributed by atoms with E-state index in [9.17, 15) is 4.79 Å². The molecule has 2 rings (SSSR count). The summed E-state index contributed by atoms with van der Waals surface area (Å²) >= 11 is 0. The molecule has 0 aromatic heterocycles. The molecule has 1 aliphatic rings. The third-order valence-corrected chi connectivity index (χ3v) is 4.00. The summed E-state index contributed by atoms with van der Waals surface area (Å²) < 4.78 is 5.69. The Labute approximate surface area is 127 Å². The maximum Gasteiger partial charge on any atom is 0.242 e. The van der Waals surface area contributed by atoms with Crippen LogP contribution in [0.2, 0.25) is 0 Å². The molecule has 21 heavy (non-hydrogen) atoms. The largest absolute Gasteiger partial charge is 0.491 e. The maximum atomic E-state index is 12.6. The molecule has 116 valence electrons. The van der Waals surface area contributed by atoms with Gasteiger partial charge in [0.05, 0.1) is 18.3 Å². The number of amides is 1. The Morgan fingerprint density at radius 3 is 2.90 bits per heavy atom. The van der Waals surface area contributed by atoms with Crippen LogP contribution in [-0.4, -0.2) is 25.1 Å². The second kappa shape index (κ2) is 6.94. The lowest BCUT2D eigenvalue weighted by Gasteiger charge is -2.38. The molecule has 0 bridgehead atoms. The first-order valence-electron chi connectivity index (χ1n) is 7.80. The van der Waals surface area contributed by atoms with Crippen LogP contribution in [0.25, 0.3) is 0 Å². The van der Waals surface area contributed by atoms with Gasteiger partial charge in [0.2, 0.25) is 5.91 Å². The van der Waals surface area contributed by atoms with Crippen LogP contribution in [0.15, 0.2) is 24.3 Å². The van der Waals surface area contributed by atoms with Crippen LogP contribution in [0.4, 0.5) is 5.69 Å². The van der Waals surface area contributed by atoms with Gasteiger partial charge in [-0.25, -0.2) is 0 Å². The highest BCUT2D eigenvalue weighted by atomic mass is 16.5. The summed E-state index contributed by atoms with van der Waals surface area (Å²) in [5.74, 6) is 0.758. The van der Waals surface area contributed by atoms with E-state index < -0.39 is 0 Å². The molecule has 1 aromatic carbocycles. The third-order valence-electron chi connectivity index (χ3n) is 4.00. The predicted octanol–water partition coefficient (Wildman–Crippen LogP) is 3.19. The van der Waals surface area contributed by atoms with Crippen molar-refractivity contribution in [1.82, 2.24) is 5.32 Å². The minimum Gasteiger partial charge on any atom is -0.491 e. The Bertz CT molecular complexity index is 485. The van der Waals surface area contributed by atoms with Crippen molar-refractivity contribution in [3.8, 4) is 5.75 Å². The smallest absolute Gasteiger partial charge is 0.242 e. The van der Waals surface area contributed by atoms with Gasteiger partial charge in [-0.05, 0) is 43.4 Å². The van der Waals surface area contributed by atoms with Crippen LogP contribution >= 0.6 is 0 Å². The fourth-order valence-electron chi connectivity index (χ4n) is 2.77. The van der Waals surface area contributed by atoms with E-state index in [2.05, 4.69) is 31.4 Å². The molecule has 4 heteroatoms. The van der Waals surface area contributed by atoms with Gasteiger partial charge in [0.1, 0.15) is 5.75 Å². The first-order chi connectivity index (χ1) is 10.0. The number of nitrogens with one attached hydrogen (secondary N) is 2. The van der Waals surface area contributed by atoms with Gasteiger partial charge in [0.15, 0.2) is 0 Å².